The first kappa shape index (κ1) is 18.9. The van der Waals surface area contributed by atoms with Crippen molar-refractivity contribution < 1.29 is 14.3 Å². The first-order valence-corrected chi connectivity index (χ1v) is 7.73. The highest BCUT2D eigenvalue weighted by Crippen LogP contribution is 2.11. The van der Waals surface area contributed by atoms with Crippen molar-refractivity contribution in [3.8, 4) is 0 Å². The lowest BCUT2D eigenvalue weighted by Crippen LogP contribution is -2.51. The molecule has 6 nitrogen and oxygen atoms in total. The van der Waals surface area contributed by atoms with Gasteiger partial charge in [0.15, 0.2) is 0 Å². The Labute approximate surface area is 138 Å². The molecule has 1 rings (SSSR count). The normalized spacial score (nSPS) is 12.7. The lowest BCUT2D eigenvalue weighted by molar-refractivity contribution is -0.133. The van der Waals surface area contributed by atoms with E-state index in [1.807, 2.05) is 26.0 Å². The molecule has 128 valence electrons. The van der Waals surface area contributed by atoms with E-state index in [1.54, 1.807) is 45.1 Å². The van der Waals surface area contributed by atoms with Crippen LogP contribution in [0, 0.1) is 5.92 Å². The number of hydrogen-bond acceptors (Lipinski definition) is 4. The molecule has 0 bridgehead atoms. The van der Waals surface area contributed by atoms with E-state index in [-0.39, 0.29) is 11.8 Å². The Balaban J connectivity index is 2.72. The summed E-state index contributed by atoms with van der Waals surface area (Å²) in [4.78, 5) is 30.1. The Hall–Kier alpha value is -2.11. The van der Waals surface area contributed by atoms with Crippen molar-refractivity contribution in [3.63, 3.8) is 0 Å². The fourth-order valence-electron chi connectivity index (χ4n) is 2.03. The van der Waals surface area contributed by atoms with Crippen molar-refractivity contribution in [1.29, 1.82) is 0 Å². The summed E-state index contributed by atoms with van der Waals surface area (Å²) >= 11 is 0. The zero-order valence-electron chi connectivity index (χ0n) is 14.8. The number of likely N-dealkylation sites (N-methyl/N-ethyl adjacent to an activating group) is 1. The fraction of sp³-hybridized carbons (Fsp3) is 0.588. The highest BCUT2D eigenvalue weighted by Gasteiger charge is 2.29. The Kier molecular flexibility index (Phi) is 6.54. The van der Waals surface area contributed by atoms with Crippen LogP contribution in [-0.2, 0) is 16.1 Å². The molecule has 0 saturated carbocycles. The van der Waals surface area contributed by atoms with E-state index in [1.165, 1.54) is 0 Å². The largest absolute Gasteiger partial charge is 0.444 e. The standard InChI is InChI=1S/C17H27N3O3/c1-12(2)14(19-16(22)23-17(3,4)5)15(21)20(6)11-13-7-9-18-10-8-13/h7-10,12,14H,11H2,1-6H3,(H,19,22). The zero-order valence-corrected chi connectivity index (χ0v) is 14.8. The van der Waals surface area contributed by atoms with E-state index in [9.17, 15) is 9.59 Å². The molecule has 1 atom stereocenters. The fourth-order valence-corrected chi connectivity index (χ4v) is 2.03. The van der Waals surface area contributed by atoms with Gasteiger partial charge in [-0.3, -0.25) is 9.78 Å². The predicted molar refractivity (Wildman–Crippen MR) is 88.7 cm³/mol. The van der Waals surface area contributed by atoms with Crippen molar-refractivity contribution >= 4 is 12.0 Å². The second-order valence-electron chi connectivity index (χ2n) is 6.92. The second kappa shape index (κ2) is 7.94. The molecule has 1 unspecified atom stereocenters. The van der Waals surface area contributed by atoms with Crippen molar-refractivity contribution in [2.75, 3.05) is 7.05 Å². The Morgan fingerprint density at radius 2 is 1.83 bits per heavy atom. The van der Waals surface area contributed by atoms with Crippen LogP contribution in [-0.4, -0.2) is 40.6 Å². The second-order valence-corrected chi connectivity index (χ2v) is 6.92. The lowest BCUT2D eigenvalue weighted by atomic mass is 10.0. The number of carbonyl (C=O) groups excluding carboxylic acids is 2. The van der Waals surface area contributed by atoms with Crippen LogP contribution in [0.1, 0.15) is 40.2 Å². The van der Waals surface area contributed by atoms with Gasteiger partial charge in [-0.05, 0) is 44.4 Å². The number of hydrogen-bond donors (Lipinski definition) is 1. The van der Waals surface area contributed by atoms with Gasteiger partial charge < -0.3 is 15.0 Å². The third kappa shape index (κ3) is 6.67. The number of nitrogens with one attached hydrogen (secondary N) is 1. The minimum Gasteiger partial charge on any atom is -0.444 e. The maximum atomic E-state index is 12.6. The first-order valence-electron chi connectivity index (χ1n) is 7.73. The van der Waals surface area contributed by atoms with Crippen molar-refractivity contribution in [2.45, 2.75) is 52.8 Å². The van der Waals surface area contributed by atoms with E-state index < -0.39 is 17.7 Å². The molecular weight excluding hydrogens is 294 g/mol. The number of aromatic nitrogens is 1. The van der Waals surface area contributed by atoms with Crippen LogP contribution in [0.2, 0.25) is 0 Å². The topological polar surface area (TPSA) is 71.5 Å². The van der Waals surface area contributed by atoms with Gasteiger partial charge in [-0.25, -0.2) is 4.79 Å². The molecule has 0 radical (unpaired) electrons. The third-order valence-electron chi connectivity index (χ3n) is 3.15. The molecule has 0 aliphatic heterocycles. The molecular formula is C17H27N3O3. The molecule has 6 heteroatoms. The minimum absolute atomic E-state index is 0.0464. The van der Waals surface area contributed by atoms with Gasteiger partial charge in [-0.2, -0.15) is 0 Å². The number of pyridine rings is 1. The summed E-state index contributed by atoms with van der Waals surface area (Å²) < 4.78 is 5.24. The number of amides is 2. The van der Waals surface area contributed by atoms with Gasteiger partial charge in [-0.15, -0.1) is 0 Å². The van der Waals surface area contributed by atoms with Crippen molar-refractivity contribution in [1.82, 2.24) is 15.2 Å². The van der Waals surface area contributed by atoms with Gasteiger partial charge in [0.05, 0.1) is 0 Å². The quantitative estimate of drug-likeness (QED) is 0.905. The summed E-state index contributed by atoms with van der Waals surface area (Å²) in [5, 5.41) is 2.67. The van der Waals surface area contributed by atoms with Crippen LogP contribution in [0.25, 0.3) is 0 Å². The zero-order chi connectivity index (χ0) is 17.6. The van der Waals surface area contributed by atoms with Crippen LogP contribution >= 0.6 is 0 Å². The highest BCUT2D eigenvalue weighted by atomic mass is 16.6. The minimum atomic E-state index is -0.628. The van der Waals surface area contributed by atoms with Crippen LogP contribution in [0.3, 0.4) is 0 Å². The van der Waals surface area contributed by atoms with Gasteiger partial charge in [-0.1, -0.05) is 13.8 Å². The van der Waals surface area contributed by atoms with Crippen LogP contribution < -0.4 is 5.32 Å². The molecule has 23 heavy (non-hydrogen) atoms. The number of alkyl carbamates (subject to hydrolysis) is 1. The van der Waals surface area contributed by atoms with E-state index in [0.29, 0.717) is 6.54 Å². The summed E-state index contributed by atoms with van der Waals surface area (Å²) in [5.41, 5.74) is 0.382. The van der Waals surface area contributed by atoms with Gasteiger partial charge in [0.1, 0.15) is 11.6 Å². The maximum Gasteiger partial charge on any atom is 0.408 e. The Morgan fingerprint density at radius 1 is 1.26 bits per heavy atom. The van der Waals surface area contributed by atoms with E-state index in [4.69, 9.17) is 4.74 Å². The van der Waals surface area contributed by atoms with Crippen LogP contribution in [0.4, 0.5) is 4.79 Å². The molecule has 0 aliphatic carbocycles. The summed E-state index contributed by atoms with van der Waals surface area (Å²) in [5.74, 6) is -0.197. The van der Waals surface area contributed by atoms with E-state index in [0.717, 1.165) is 5.56 Å². The van der Waals surface area contributed by atoms with Gasteiger partial charge >= 0.3 is 6.09 Å². The molecule has 0 aromatic carbocycles. The lowest BCUT2D eigenvalue weighted by Gasteiger charge is -2.28. The molecule has 0 aliphatic rings. The Morgan fingerprint density at radius 3 is 2.30 bits per heavy atom. The Bertz CT molecular complexity index is 524. The summed E-state index contributed by atoms with van der Waals surface area (Å²) in [6.45, 7) is 9.60. The smallest absolute Gasteiger partial charge is 0.408 e. The molecule has 1 aromatic rings. The highest BCUT2D eigenvalue weighted by molar-refractivity contribution is 5.85. The van der Waals surface area contributed by atoms with Crippen molar-refractivity contribution in [3.05, 3.63) is 30.1 Å². The molecule has 1 aromatic heterocycles. The number of nitrogens with zero attached hydrogens (tertiary/aromatic N) is 2. The van der Waals surface area contributed by atoms with Gasteiger partial charge in [0, 0.05) is 26.0 Å². The average Bonchev–Trinajstić information content (AvgIpc) is 2.43. The third-order valence-corrected chi connectivity index (χ3v) is 3.15. The average molecular weight is 321 g/mol. The van der Waals surface area contributed by atoms with Crippen LogP contribution in [0.5, 0.6) is 0 Å². The first-order chi connectivity index (χ1) is 10.6. The summed E-state index contributed by atoms with van der Waals surface area (Å²) in [7, 11) is 1.72. The molecule has 0 saturated heterocycles. The SMILES string of the molecule is CC(C)C(NC(=O)OC(C)(C)C)C(=O)N(C)Cc1ccncc1. The number of ether oxygens (including phenoxy) is 1. The predicted octanol–water partition coefficient (Wildman–Crippen LogP) is 2.59. The number of carbonyl (C=O) groups is 2. The van der Waals surface area contributed by atoms with Gasteiger partial charge in [0.25, 0.3) is 0 Å². The van der Waals surface area contributed by atoms with Crippen LogP contribution in [0.15, 0.2) is 24.5 Å². The molecule has 2 amide bonds. The van der Waals surface area contributed by atoms with Gasteiger partial charge in [0.2, 0.25) is 5.91 Å². The number of rotatable bonds is 5. The molecule has 0 fully saturated rings. The summed E-state index contributed by atoms with van der Waals surface area (Å²) in [6, 6.07) is 3.09. The molecule has 1 N–H and O–H groups in total. The van der Waals surface area contributed by atoms with E-state index in [2.05, 4.69) is 10.3 Å². The molecule has 1 heterocycles. The summed E-state index contributed by atoms with van der Waals surface area (Å²) in [6.07, 6.45) is 2.79. The molecule has 0 spiro atoms. The monoisotopic (exact) mass is 321 g/mol. The van der Waals surface area contributed by atoms with E-state index >= 15 is 0 Å². The maximum absolute atomic E-state index is 12.6. The van der Waals surface area contributed by atoms with Crippen molar-refractivity contribution in [2.24, 2.45) is 5.92 Å².